The van der Waals surface area contributed by atoms with Gasteiger partial charge in [0.2, 0.25) is 0 Å². The fourth-order valence-electron chi connectivity index (χ4n) is 4.65. The van der Waals surface area contributed by atoms with Crippen molar-refractivity contribution in [3.63, 3.8) is 0 Å². The Bertz CT molecular complexity index is 1110. The number of nitrogens with zero attached hydrogens (tertiary/aromatic N) is 3. The van der Waals surface area contributed by atoms with E-state index in [-0.39, 0.29) is 30.7 Å². The van der Waals surface area contributed by atoms with E-state index in [1.807, 2.05) is 30.5 Å². The molecule has 3 aromatic rings. The third-order valence-electron chi connectivity index (χ3n) is 6.53. The first-order chi connectivity index (χ1) is 15.8. The van der Waals surface area contributed by atoms with Gasteiger partial charge in [0.1, 0.15) is 5.65 Å². The lowest BCUT2D eigenvalue weighted by molar-refractivity contribution is -0.117. The van der Waals surface area contributed by atoms with Crippen LogP contribution in [0, 0.1) is 5.92 Å². The first-order valence-corrected chi connectivity index (χ1v) is 12.5. The monoisotopic (exact) mass is 518 g/mol. The van der Waals surface area contributed by atoms with Gasteiger partial charge in [0.05, 0.1) is 21.8 Å². The minimum absolute atomic E-state index is 0. The predicted molar refractivity (Wildman–Crippen MR) is 145 cm³/mol. The number of unbranched alkanes of at least 4 members (excludes halogenated alkanes) is 1. The first-order valence-electron chi connectivity index (χ1n) is 11.7. The molecule has 182 valence electrons. The quantitative estimate of drug-likeness (QED) is 0.401. The number of pyridine rings is 1. The molecule has 0 bridgehead atoms. The zero-order chi connectivity index (χ0) is 21.8. The number of likely N-dealkylation sites (tertiary alicyclic amines) is 1. The molecule has 1 saturated heterocycles. The number of halogens is 2. The molecule has 2 aromatic heterocycles. The van der Waals surface area contributed by atoms with Crippen molar-refractivity contribution in [1.82, 2.24) is 19.6 Å². The van der Waals surface area contributed by atoms with E-state index in [1.54, 1.807) is 0 Å². The highest BCUT2D eigenvalue weighted by Gasteiger charge is 2.22. The molecule has 8 heteroatoms. The average molecular weight is 520 g/mol. The molecule has 5 nitrogen and oxygen atoms in total. The van der Waals surface area contributed by atoms with Gasteiger partial charge in [0.25, 0.3) is 5.91 Å². The number of benzene rings is 1. The number of thioether (sulfide) groups is 1. The van der Waals surface area contributed by atoms with E-state index in [0.29, 0.717) is 5.92 Å². The second kappa shape index (κ2) is 12.6. The number of aromatic nitrogens is 2. The molecule has 5 rings (SSSR count). The van der Waals surface area contributed by atoms with Crippen LogP contribution in [0.3, 0.4) is 0 Å². The molecular weight excluding hydrogens is 487 g/mol. The highest BCUT2D eigenvalue weighted by atomic mass is 35.5. The van der Waals surface area contributed by atoms with E-state index in [1.165, 1.54) is 43.1 Å². The van der Waals surface area contributed by atoms with Crippen LogP contribution in [-0.4, -0.2) is 46.4 Å². The Balaban J connectivity index is 0.00000162. The lowest BCUT2D eigenvalue weighted by atomic mass is 9.96. The largest absolute Gasteiger partial charge is 0.351 e. The van der Waals surface area contributed by atoms with Gasteiger partial charge in [-0.25, -0.2) is 4.98 Å². The fourth-order valence-corrected chi connectivity index (χ4v) is 5.65. The molecule has 2 aliphatic heterocycles. The van der Waals surface area contributed by atoms with E-state index in [9.17, 15) is 4.79 Å². The number of nitrogens with one attached hydrogen (secondary N) is 1. The maximum absolute atomic E-state index is 12.8. The van der Waals surface area contributed by atoms with Crippen LogP contribution < -0.4 is 5.32 Å². The summed E-state index contributed by atoms with van der Waals surface area (Å²) in [5.41, 5.74) is 3.34. The van der Waals surface area contributed by atoms with Crippen molar-refractivity contribution in [1.29, 1.82) is 0 Å². The number of rotatable bonds is 8. The Morgan fingerprint density at radius 3 is 2.62 bits per heavy atom. The molecule has 0 atom stereocenters. The summed E-state index contributed by atoms with van der Waals surface area (Å²) in [6.07, 6.45) is 9.79. The van der Waals surface area contributed by atoms with E-state index >= 15 is 0 Å². The molecule has 1 amide bonds. The third kappa shape index (κ3) is 6.36. The number of hydrogen-bond donors (Lipinski definition) is 1. The normalized spacial score (nSPS) is 15.8. The summed E-state index contributed by atoms with van der Waals surface area (Å²) in [5.74, 6) is 0.602. The van der Waals surface area contributed by atoms with Crippen LogP contribution in [0.1, 0.15) is 36.9 Å². The molecule has 34 heavy (non-hydrogen) atoms. The molecule has 1 fully saturated rings. The molecule has 0 spiro atoms. The Kier molecular flexibility index (Phi) is 9.89. The van der Waals surface area contributed by atoms with Gasteiger partial charge in [-0.1, -0.05) is 48.2 Å². The first kappa shape index (κ1) is 26.6. The van der Waals surface area contributed by atoms with Crippen molar-refractivity contribution in [2.75, 3.05) is 26.2 Å². The number of imidazole rings is 1. The van der Waals surface area contributed by atoms with Crippen LogP contribution in [0.4, 0.5) is 0 Å². The van der Waals surface area contributed by atoms with Crippen LogP contribution in [0.25, 0.3) is 11.7 Å². The van der Waals surface area contributed by atoms with E-state index in [2.05, 4.69) is 49.9 Å². The average Bonchev–Trinajstić information content (AvgIpc) is 3.26. The molecule has 2 aliphatic rings. The number of carbonyl (C=O) groups is 1. The van der Waals surface area contributed by atoms with Crippen LogP contribution in [-0.2, 0) is 11.2 Å². The Hall–Kier alpha value is -1.99. The molecule has 0 saturated carbocycles. The highest BCUT2D eigenvalue weighted by Crippen LogP contribution is 2.34. The number of carbonyl (C=O) groups excluding carboxylic acids is 1. The molecular formula is C26H32Cl2N4OS. The number of aryl methyl sites for hydroxylation is 1. The van der Waals surface area contributed by atoms with Gasteiger partial charge in [-0.3, -0.25) is 9.20 Å². The van der Waals surface area contributed by atoms with Gasteiger partial charge in [0, 0.05) is 6.54 Å². The Labute approximate surface area is 218 Å². The summed E-state index contributed by atoms with van der Waals surface area (Å²) in [5, 5.41) is 4.23. The standard InChI is InChI=1S/C26H30N4OS.2ClH/c31-26(23-17-22-19-27-24-10-6-11-25(32-23)30(22)24)28-18-21-12-15-29(16-13-21)14-5-4-9-20-7-2-1-3-8-20;;/h1-3,6-8,10-11,17,19,21H,4-5,9,12-16,18H2,(H,28,31);2*1H. The number of piperidine rings is 1. The number of hydrogen-bond acceptors (Lipinski definition) is 4. The minimum atomic E-state index is 0. The zero-order valence-corrected chi connectivity index (χ0v) is 21.6. The summed E-state index contributed by atoms with van der Waals surface area (Å²) < 4.78 is 2.09. The third-order valence-corrected chi connectivity index (χ3v) is 7.58. The predicted octanol–water partition coefficient (Wildman–Crippen LogP) is 5.48. The van der Waals surface area contributed by atoms with Gasteiger partial charge in [-0.15, -0.1) is 24.8 Å². The number of amides is 1. The van der Waals surface area contributed by atoms with E-state index in [0.717, 1.165) is 53.7 Å². The van der Waals surface area contributed by atoms with Crippen molar-refractivity contribution in [3.8, 4) is 0 Å². The summed E-state index contributed by atoms with van der Waals surface area (Å²) in [6, 6.07) is 16.8. The fraction of sp³-hybridized carbons (Fsp3) is 0.385. The van der Waals surface area contributed by atoms with Crippen LogP contribution in [0.2, 0.25) is 0 Å². The van der Waals surface area contributed by atoms with Gasteiger partial charge >= 0.3 is 0 Å². The molecule has 0 radical (unpaired) electrons. The molecule has 0 aliphatic carbocycles. The second-order valence-corrected chi connectivity index (χ2v) is 9.85. The van der Waals surface area contributed by atoms with E-state index in [4.69, 9.17) is 0 Å². The van der Waals surface area contributed by atoms with Crippen molar-refractivity contribution in [2.45, 2.75) is 37.1 Å². The molecule has 1 N–H and O–H groups in total. The Morgan fingerprint density at radius 1 is 1.03 bits per heavy atom. The minimum Gasteiger partial charge on any atom is -0.351 e. The topological polar surface area (TPSA) is 49.6 Å². The Morgan fingerprint density at radius 2 is 1.82 bits per heavy atom. The summed E-state index contributed by atoms with van der Waals surface area (Å²) in [4.78, 5) is 20.6. The maximum atomic E-state index is 12.8. The van der Waals surface area contributed by atoms with Crippen molar-refractivity contribution in [2.24, 2.45) is 5.92 Å². The van der Waals surface area contributed by atoms with Gasteiger partial charge in [-0.05, 0) is 81.4 Å². The lowest BCUT2D eigenvalue weighted by Gasteiger charge is -2.32. The second-order valence-electron chi connectivity index (χ2n) is 8.79. The van der Waals surface area contributed by atoms with Crippen LogP contribution in [0.5, 0.6) is 0 Å². The zero-order valence-electron chi connectivity index (χ0n) is 19.2. The van der Waals surface area contributed by atoms with Crippen LogP contribution in [0.15, 0.2) is 64.7 Å². The van der Waals surface area contributed by atoms with Gasteiger partial charge < -0.3 is 10.2 Å². The van der Waals surface area contributed by atoms with Crippen LogP contribution >= 0.6 is 36.6 Å². The van der Waals surface area contributed by atoms with Crippen molar-refractivity contribution < 1.29 is 4.79 Å². The SMILES string of the molecule is Cl.Cl.O=C(NCC1CCN(CCCCc2ccccc2)CC1)C1=Cc2cnc3cccc(n23)S1. The highest BCUT2D eigenvalue weighted by molar-refractivity contribution is 8.04. The smallest absolute Gasteiger partial charge is 0.258 e. The van der Waals surface area contributed by atoms with Gasteiger partial charge in [-0.2, -0.15) is 0 Å². The van der Waals surface area contributed by atoms with Crippen molar-refractivity contribution in [3.05, 3.63) is 70.9 Å². The lowest BCUT2D eigenvalue weighted by Crippen LogP contribution is -2.39. The summed E-state index contributed by atoms with van der Waals surface area (Å²) >= 11 is 1.52. The van der Waals surface area contributed by atoms with Gasteiger partial charge in [0.15, 0.2) is 0 Å². The summed E-state index contributed by atoms with van der Waals surface area (Å²) in [7, 11) is 0. The maximum Gasteiger partial charge on any atom is 0.258 e. The van der Waals surface area contributed by atoms with E-state index < -0.39 is 0 Å². The van der Waals surface area contributed by atoms with Crippen molar-refractivity contribution >= 4 is 54.2 Å². The molecule has 4 heterocycles. The molecule has 1 aromatic carbocycles. The molecule has 0 unspecified atom stereocenters. The summed E-state index contributed by atoms with van der Waals surface area (Å²) in [6.45, 7) is 4.24.